The van der Waals surface area contributed by atoms with Gasteiger partial charge in [-0.2, -0.15) is 0 Å². The molecule has 0 spiro atoms. The van der Waals surface area contributed by atoms with Crippen LogP contribution in [0.5, 0.6) is 0 Å². The summed E-state index contributed by atoms with van der Waals surface area (Å²) in [5.74, 6) is 0. The molecule has 2 aromatic carbocycles. The second-order valence-corrected chi connectivity index (χ2v) is 7.88. The maximum absolute atomic E-state index is 4.81. The highest BCUT2D eigenvalue weighted by molar-refractivity contribution is 5.85. The van der Waals surface area contributed by atoms with E-state index in [1.54, 1.807) is 0 Å². The largest absolute Gasteiger partial charge is 0.368 e. The number of benzene rings is 2. The lowest BCUT2D eigenvalue weighted by Crippen LogP contribution is -2.25. The summed E-state index contributed by atoms with van der Waals surface area (Å²) in [6, 6.07) is 25.9. The van der Waals surface area contributed by atoms with Crippen LogP contribution >= 0.6 is 0 Å². The maximum atomic E-state index is 4.81. The number of likely N-dealkylation sites (N-methyl/N-ethyl adjacent to an activating group) is 1. The number of hydrogen-bond acceptors (Lipinski definition) is 2. The average molecular weight is 392 g/mol. The van der Waals surface area contributed by atoms with Crippen LogP contribution in [-0.2, 0) is 13.5 Å². The summed E-state index contributed by atoms with van der Waals surface area (Å²) < 4.78 is 2.21. The van der Waals surface area contributed by atoms with E-state index in [-0.39, 0.29) is 0 Å². The van der Waals surface area contributed by atoms with E-state index in [1.807, 2.05) is 6.07 Å². The van der Waals surface area contributed by atoms with E-state index in [0.29, 0.717) is 6.04 Å². The zero-order valence-corrected chi connectivity index (χ0v) is 17.4. The van der Waals surface area contributed by atoms with Crippen molar-refractivity contribution in [3.05, 3.63) is 102 Å². The van der Waals surface area contributed by atoms with E-state index >= 15 is 0 Å². The van der Waals surface area contributed by atoms with Crippen LogP contribution in [0.2, 0.25) is 0 Å². The summed E-state index contributed by atoms with van der Waals surface area (Å²) in [6.07, 6.45) is 9.67. The molecule has 148 valence electrons. The third-order valence-corrected chi connectivity index (χ3v) is 5.99. The Bertz CT molecular complexity index is 1260. The Balaban J connectivity index is 1.34. The van der Waals surface area contributed by atoms with Gasteiger partial charge < -0.3 is 9.47 Å². The van der Waals surface area contributed by atoms with Crippen molar-refractivity contribution >= 4 is 34.8 Å². The Labute approximate surface area is 177 Å². The van der Waals surface area contributed by atoms with Crippen molar-refractivity contribution in [3.63, 3.8) is 0 Å². The van der Waals surface area contributed by atoms with Crippen LogP contribution in [0.1, 0.15) is 22.6 Å². The molecule has 0 N–H and O–H groups in total. The van der Waals surface area contributed by atoms with Crippen LogP contribution in [0.15, 0.2) is 78.9 Å². The standard InChI is InChI=1S/C27H25N3/c1-29-24(18-20-8-3-5-12-26(20)29)16-14-22-10-7-11-23(28-22)15-17-25-19-21-9-4-6-13-27(21)30(25)2/h3-18,25H,19H2,1-2H3/b16-14+,17-15+. The lowest BCUT2D eigenvalue weighted by molar-refractivity contribution is 0.804. The van der Waals surface area contributed by atoms with Gasteiger partial charge in [-0.1, -0.05) is 48.5 Å². The van der Waals surface area contributed by atoms with Crippen molar-refractivity contribution in [3.8, 4) is 0 Å². The van der Waals surface area contributed by atoms with Crippen molar-refractivity contribution in [1.82, 2.24) is 9.55 Å². The molecule has 2 aromatic heterocycles. The highest BCUT2D eigenvalue weighted by Gasteiger charge is 2.23. The van der Waals surface area contributed by atoms with Crippen molar-refractivity contribution in [2.24, 2.45) is 7.05 Å². The van der Waals surface area contributed by atoms with E-state index in [0.717, 1.165) is 17.8 Å². The molecule has 0 saturated heterocycles. The third-order valence-electron chi connectivity index (χ3n) is 5.99. The van der Waals surface area contributed by atoms with Crippen LogP contribution in [-0.4, -0.2) is 22.6 Å². The number of para-hydroxylation sites is 2. The Kier molecular flexibility index (Phi) is 4.72. The van der Waals surface area contributed by atoms with Gasteiger partial charge in [0.05, 0.1) is 17.4 Å². The first kappa shape index (κ1) is 18.4. The third kappa shape index (κ3) is 3.43. The number of aromatic nitrogens is 2. The van der Waals surface area contributed by atoms with E-state index < -0.39 is 0 Å². The van der Waals surface area contributed by atoms with Gasteiger partial charge in [-0.3, -0.25) is 0 Å². The Hall–Kier alpha value is -3.59. The van der Waals surface area contributed by atoms with Crippen molar-refractivity contribution < 1.29 is 0 Å². The predicted octanol–water partition coefficient (Wildman–Crippen LogP) is 5.82. The molecule has 0 bridgehead atoms. The van der Waals surface area contributed by atoms with E-state index in [9.17, 15) is 0 Å². The highest BCUT2D eigenvalue weighted by Crippen LogP contribution is 2.31. The van der Waals surface area contributed by atoms with Crippen LogP contribution in [0.25, 0.3) is 29.1 Å². The maximum Gasteiger partial charge on any atom is 0.0637 e. The highest BCUT2D eigenvalue weighted by atomic mass is 15.1. The molecule has 1 aliphatic rings. The van der Waals surface area contributed by atoms with Crippen LogP contribution < -0.4 is 4.90 Å². The normalized spacial score (nSPS) is 16.2. The summed E-state index contributed by atoms with van der Waals surface area (Å²) in [5, 5.41) is 1.26. The van der Waals surface area contributed by atoms with Gasteiger partial charge in [-0.15, -0.1) is 0 Å². The first-order valence-electron chi connectivity index (χ1n) is 10.4. The van der Waals surface area contributed by atoms with Gasteiger partial charge in [0.25, 0.3) is 0 Å². The molecular formula is C27H25N3. The minimum atomic E-state index is 0.374. The van der Waals surface area contributed by atoms with E-state index in [2.05, 4.69) is 115 Å². The molecule has 3 nitrogen and oxygen atoms in total. The summed E-state index contributed by atoms with van der Waals surface area (Å²) in [7, 11) is 4.27. The number of pyridine rings is 1. The second kappa shape index (κ2) is 7.68. The van der Waals surface area contributed by atoms with Crippen molar-refractivity contribution in [2.75, 3.05) is 11.9 Å². The molecule has 0 saturated carbocycles. The first-order valence-corrected chi connectivity index (χ1v) is 10.4. The molecule has 3 heterocycles. The second-order valence-electron chi connectivity index (χ2n) is 7.88. The van der Waals surface area contributed by atoms with Crippen LogP contribution in [0.4, 0.5) is 5.69 Å². The quantitative estimate of drug-likeness (QED) is 0.437. The lowest BCUT2D eigenvalue weighted by Gasteiger charge is -2.19. The molecule has 1 atom stereocenters. The summed E-state index contributed by atoms with van der Waals surface area (Å²) >= 11 is 0. The van der Waals surface area contributed by atoms with E-state index in [4.69, 9.17) is 4.98 Å². The zero-order valence-electron chi connectivity index (χ0n) is 17.4. The van der Waals surface area contributed by atoms with E-state index in [1.165, 1.54) is 27.8 Å². The molecule has 5 rings (SSSR count). The van der Waals surface area contributed by atoms with Gasteiger partial charge in [0.1, 0.15) is 0 Å². The molecule has 4 aromatic rings. The number of anilines is 1. The molecule has 3 heteroatoms. The fraction of sp³-hybridized carbons (Fsp3) is 0.148. The zero-order chi connectivity index (χ0) is 20.5. The molecule has 0 fully saturated rings. The Morgan fingerprint density at radius 1 is 0.833 bits per heavy atom. The lowest BCUT2D eigenvalue weighted by atomic mass is 10.1. The summed E-state index contributed by atoms with van der Waals surface area (Å²) in [5.41, 5.74) is 7.10. The fourth-order valence-corrected chi connectivity index (χ4v) is 4.27. The molecule has 1 aliphatic heterocycles. The van der Waals surface area contributed by atoms with Crippen LogP contribution in [0.3, 0.4) is 0 Å². The first-order chi connectivity index (χ1) is 14.7. The van der Waals surface area contributed by atoms with Gasteiger partial charge in [0.2, 0.25) is 0 Å². The van der Waals surface area contributed by atoms with Gasteiger partial charge in [0.15, 0.2) is 0 Å². The molecule has 0 radical (unpaired) electrons. The molecule has 0 aliphatic carbocycles. The van der Waals surface area contributed by atoms with Gasteiger partial charge in [-0.05, 0) is 60.5 Å². The Morgan fingerprint density at radius 3 is 2.43 bits per heavy atom. The molecule has 1 unspecified atom stereocenters. The average Bonchev–Trinajstić information content (AvgIpc) is 3.28. The summed E-state index contributed by atoms with van der Waals surface area (Å²) in [4.78, 5) is 7.15. The molecular weight excluding hydrogens is 366 g/mol. The smallest absolute Gasteiger partial charge is 0.0637 e. The molecule has 0 amide bonds. The van der Waals surface area contributed by atoms with Gasteiger partial charge in [-0.25, -0.2) is 4.98 Å². The van der Waals surface area contributed by atoms with Crippen molar-refractivity contribution in [1.29, 1.82) is 0 Å². The van der Waals surface area contributed by atoms with Crippen molar-refractivity contribution in [2.45, 2.75) is 12.5 Å². The number of rotatable bonds is 4. The number of nitrogens with zero attached hydrogens (tertiary/aromatic N) is 3. The number of hydrogen-bond donors (Lipinski definition) is 0. The predicted molar refractivity (Wildman–Crippen MR) is 127 cm³/mol. The van der Waals surface area contributed by atoms with Gasteiger partial charge >= 0.3 is 0 Å². The number of fused-ring (bicyclic) bond motifs is 2. The Morgan fingerprint density at radius 2 is 1.60 bits per heavy atom. The van der Waals surface area contributed by atoms with Crippen LogP contribution in [0, 0.1) is 0 Å². The topological polar surface area (TPSA) is 21.1 Å². The minimum Gasteiger partial charge on any atom is -0.368 e. The summed E-state index contributed by atoms with van der Waals surface area (Å²) in [6.45, 7) is 0. The fourth-order valence-electron chi connectivity index (χ4n) is 4.27. The SMILES string of the molecule is CN1c2ccccc2CC1/C=C/c1cccc(/C=C/c2cc3ccccc3n2C)n1. The minimum absolute atomic E-state index is 0.374. The van der Waals surface area contributed by atoms with Gasteiger partial charge in [0, 0.05) is 36.4 Å². The monoisotopic (exact) mass is 391 g/mol. The number of aryl methyl sites for hydroxylation is 1. The molecule has 30 heavy (non-hydrogen) atoms.